The maximum Gasteiger partial charge on any atom is 0.329 e. The number of nitrogens with zero attached hydrogens (tertiary/aromatic N) is 2. The number of aromatic amines is 1. The van der Waals surface area contributed by atoms with E-state index in [0.29, 0.717) is 29.6 Å². The first-order valence-electron chi connectivity index (χ1n) is 8.02. The molecule has 1 heterocycles. The van der Waals surface area contributed by atoms with Gasteiger partial charge in [0.25, 0.3) is 5.56 Å². The van der Waals surface area contributed by atoms with Crippen molar-refractivity contribution in [3.05, 3.63) is 60.2 Å². The SMILES string of the molecule is CCCn1c(N)c(C(=O)CN(C)Cc2ccc(Cl)cc2Cl)c(=O)[nH]c1=O. The van der Waals surface area contributed by atoms with Crippen LogP contribution >= 0.6 is 23.2 Å². The van der Waals surface area contributed by atoms with Crippen LogP contribution in [0.15, 0.2) is 27.8 Å². The van der Waals surface area contributed by atoms with Crippen molar-refractivity contribution in [1.82, 2.24) is 14.5 Å². The first kappa shape index (κ1) is 20.2. The van der Waals surface area contributed by atoms with Gasteiger partial charge in [0, 0.05) is 23.1 Å². The summed E-state index contributed by atoms with van der Waals surface area (Å²) in [5.41, 5.74) is 5.11. The molecule has 0 saturated heterocycles. The Balaban J connectivity index is 2.23. The third-order valence-electron chi connectivity index (χ3n) is 3.83. The number of rotatable bonds is 7. The third-order valence-corrected chi connectivity index (χ3v) is 4.42. The van der Waals surface area contributed by atoms with Crippen molar-refractivity contribution in [3.8, 4) is 0 Å². The molecule has 2 aromatic rings. The van der Waals surface area contributed by atoms with Crippen molar-refractivity contribution in [1.29, 1.82) is 0 Å². The highest BCUT2D eigenvalue weighted by Gasteiger charge is 2.20. The minimum Gasteiger partial charge on any atom is -0.384 e. The second kappa shape index (κ2) is 8.53. The van der Waals surface area contributed by atoms with Crippen molar-refractivity contribution in [2.45, 2.75) is 26.4 Å². The van der Waals surface area contributed by atoms with Gasteiger partial charge in [0.05, 0.1) is 6.54 Å². The van der Waals surface area contributed by atoms with E-state index in [1.807, 2.05) is 6.92 Å². The Morgan fingerprint density at radius 1 is 1.31 bits per heavy atom. The van der Waals surface area contributed by atoms with E-state index in [9.17, 15) is 14.4 Å². The van der Waals surface area contributed by atoms with Gasteiger partial charge in [-0.3, -0.25) is 24.0 Å². The van der Waals surface area contributed by atoms with Crippen LogP contribution in [0.1, 0.15) is 29.3 Å². The zero-order valence-electron chi connectivity index (χ0n) is 14.5. The topological polar surface area (TPSA) is 101 Å². The second-order valence-corrected chi connectivity index (χ2v) is 6.85. The quantitative estimate of drug-likeness (QED) is 0.695. The number of aromatic nitrogens is 2. The number of nitrogens with one attached hydrogen (secondary N) is 1. The smallest absolute Gasteiger partial charge is 0.329 e. The standard InChI is InChI=1S/C17H20Cl2N4O3/c1-3-6-23-15(20)14(16(25)21-17(23)26)13(24)9-22(2)8-10-4-5-11(18)7-12(10)19/h4-5,7H,3,6,8-9,20H2,1-2H3,(H,21,25,26). The van der Waals surface area contributed by atoms with E-state index in [0.717, 1.165) is 5.56 Å². The van der Waals surface area contributed by atoms with E-state index >= 15 is 0 Å². The summed E-state index contributed by atoms with van der Waals surface area (Å²) in [5, 5.41) is 1.01. The van der Waals surface area contributed by atoms with Crippen molar-refractivity contribution in [2.75, 3.05) is 19.3 Å². The zero-order valence-corrected chi connectivity index (χ0v) is 16.0. The van der Waals surface area contributed by atoms with Gasteiger partial charge < -0.3 is 5.73 Å². The molecule has 0 aliphatic heterocycles. The number of nitrogens with two attached hydrogens (primary N) is 1. The van der Waals surface area contributed by atoms with Crippen molar-refractivity contribution in [2.24, 2.45) is 0 Å². The fraction of sp³-hybridized carbons (Fsp3) is 0.353. The van der Waals surface area contributed by atoms with Gasteiger partial charge in [-0.15, -0.1) is 0 Å². The molecule has 0 spiro atoms. The molecule has 26 heavy (non-hydrogen) atoms. The molecule has 0 atom stereocenters. The third kappa shape index (κ3) is 4.55. The van der Waals surface area contributed by atoms with Crippen LogP contribution in [0.4, 0.5) is 5.82 Å². The number of hydrogen-bond acceptors (Lipinski definition) is 5. The molecule has 0 radical (unpaired) electrons. The Hall–Kier alpha value is -2.09. The molecular weight excluding hydrogens is 379 g/mol. The number of ketones is 1. The van der Waals surface area contributed by atoms with E-state index in [4.69, 9.17) is 28.9 Å². The predicted molar refractivity (Wildman–Crippen MR) is 103 cm³/mol. The van der Waals surface area contributed by atoms with Gasteiger partial charge in [-0.2, -0.15) is 0 Å². The maximum atomic E-state index is 12.6. The number of H-pyrrole nitrogens is 1. The Bertz CT molecular complexity index is 937. The number of nitrogen functional groups attached to an aromatic ring is 1. The molecule has 0 fully saturated rings. The van der Waals surface area contributed by atoms with E-state index < -0.39 is 17.0 Å². The van der Waals surface area contributed by atoms with Crippen molar-refractivity contribution < 1.29 is 4.79 Å². The summed E-state index contributed by atoms with van der Waals surface area (Å²) in [6, 6.07) is 5.10. The Morgan fingerprint density at radius 2 is 2.00 bits per heavy atom. The minimum absolute atomic E-state index is 0.0590. The van der Waals surface area contributed by atoms with Gasteiger partial charge in [0.2, 0.25) is 0 Å². The lowest BCUT2D eigenvalue weighted by molar-refractivity contribution is 0.0941. The molecule has 0 amide bonds. The van der Waals surface area contributed by atoms with Crippen LogP contribution in [0.3, 0.4) is 0 Å². The molecule has 0 saturated carbocycles. The summed E-state index contributed by atoms with van der Waals surface area (Å²) in [4.78, 5) is 40.3. The molecule has 0 aliphatic rings. The van der Waals surface area contributed by atoms with Crippen molar-refractivity contribution in [3.63, 3.8) is 0 Å². The van der Waals surface area contributed by atoms with Gasteiger partial charge in [-0.25, -0.2) is 4.79 Å². The molecule has 0 unspecified atom stereocenters. The van der Waals surface area contributed by atoms with Crippen LogP contribution in [0, 0.1) is 0 Å². The van der Waals surface area contributed by atoms with E-state index in [1.165, 1.54) is 4.57 Å². The van der Waals surface area contributed by atoms with Gasteiger partial charge in [-0.05, 0) is 31.2 Å². The van der Waals surface area contributed by atoms with Crippen LogP contribution in [0.2, 0.25) is 10.0 Å². The molecule has 1 aromatic heterocycles. The van der Waals surface area contributed by atoms with Crippen molar-refractivity contribution >= 4 is 34.8 Å². The number of benzene rings is 1. The highest BCUT2D eigenvalue weighted by Crippen LogP contribution is 2.22. The molecule has 7 nitrogen and oxygen atoms in total. The van der Waals surface area contributed by atoms with E-state index in [-0.39, 0.29) is 17.9 Å². The Labute approximate surface area is 160 Å². The number of carbonyl (C=O) groups excluding carboxylic acids is 1. The molecule has 3 N–H and O–H groups in total. The summed E-state index contributed by atoms with van der Waals surface area (Å²) in [6.07, 6.45) is 0.638. The van der Waals surface area contributed by atoms with Crippen LogP contribution in [0.25, 0.3) is 0 Å². The normalized spacial score (nSPS) is 11.1. The summed E-state index contributed by atoms with van der Waals surface area (Å²) in [5.74, 6) is -0.579. The number of likely N-dealkylation sites (N-methyl/N-ethyl adjacent to an activating group) is 1. The number of carbonyl (C=O) groups is 1. The molecule has 0 aliphatic carbocycles. The fourth-order valence-corrected chi connectivity index (χ4v) is 3.09. The first-order valence-corrected chi connectivity index (χ1v) is 8.78. The lowest BCUT2D eigenvalue weighted by atomic mass is 10.1. The highest BCUT2D eigenvalue weighted by molar-refractivity contribution is 6.35. The monoisotopic (exact) mass is 398 g/mol. The van der Waals surface area contributed by atoms with Crippen LogP contribution < -0.4 is 17.0 Å². The number of halogens is 2. The average molecular weight is 399 g/mol. The van der Waals surface area contributed by atoms with Gasteiger partial charge in [0.15, 0.2) is 5.78 Å². The Kier molecular flexibility index (Phi) is 6.63. The average Bonchev–Trinajstić information content (AvgIpc) is 2.53. The number of Topliss-reactive ketones (excluding diaryl/α,β-unsaturated/α-hetero) is 1. The van der Waals surface area contributed by atoms with Crippen LogP contribution in [-0.2, 0) is 13.1 Å². The summed E-state index contributed by atoms with van der Waals surface area (Å²) in [7, 11) is 1.72. The van der Waals surface area contributed by atoms with Crippen LogP contribution in [0.5, 0.6) is 0 Å². The summed E-state index contributed by atoms with van der Waals surface area (Å²) in [6.45, 7) is 2.50. The molecular formula is C17H20Cl2N4O3. The minimum atomic E-state index is -0.775. The van der Waals surface area contributed by atoms with Gasteiger partial charge >= 0.3 is 5.69 Å². The Morgan fingerprint density at radius 3 is 2.62 bits per heavy atom. The number of anilines is 1. The predicted octanol–water partition coefficient (Wildman–Crippen LogP) is 2.15. The lowest BCUT2D eigenvalue weighted by Gasteiger charge is -2.18. The van der Waals surface area contributed by atoms with E-state index in [2.05, 4.69) is 4.98 Å². The van der Waals surface area contributed by atoms with Gasteiger partial charge in [0.1, 0.15) is 11.4 Å². The molecule has 140 valence electrons. The molecule has 0 bridgehead atoms. The summed E-state index contributed by atoms with van der Waals surface area (Å²) < 4.78 is 1.20. The molecule has 9 heteroatoms. The molecule has 1 aromatic carbocycles. The second-order valence-electron chi connectivity index (χ2n) is 6.00. The number of hydrogen-bond donors (Lipinski definition) is 2. The lowest BCUT2D eigenvalue weighted by Crippen LogP contribution is -2.38. The zero-order chi connectivity index (χ0) is 19.4. The molecule has 2 rings (SSSR count). The van der Waals surface area contributed by atoms with E-state index in [1.54, 1.807) is 30.1 Å². The summed E-state index contributed by atoms with van der Waals surface area (Å²) >= 11 is 12.0. The maximum absolute atomic E-state index is 12.6. The largest absolute Gasteiger partial charge is 0.384 e. The highest BCUT2D eigenvalue weighted by atomic mass is 35.5. The van der Waals surface area contributed by atoms with Gasteiger partial charge in [-0.1, -0.05) is 36.2 Å². The first-order chi connectivity index (χ1) is 12.2. The fourth-order valence-electron chi connectivity index (χ4n) is 2.62. The van der Waals surface area contributed by atoms with Crippen LogP contribution in [-0.4, -0.2) is 33.8 Å².